The lowest BCUT2D eigenvalue weighted by atomic mass is 10.1. The third-order valence-corrected chi connectivity index (χ3v) is 2.34. The molecule has 0 aliphatic carbocycles. The maximum absolute atomic E-state index is 11.6. The summed E-state index contributed by atoms with van der Waals surface area (Å²) < 4.78 is 15.2. The van der Waals surface area contributed by atoms with Crippen molar-refractivity contribution in [2.45, 2.75) is 6.92 Å². The fraction of sp³-hybridized carbons (Fsp3) is 0.250. The molecule has 0 bridgehead atoms. The van der Waals surface area contributed by atoms with Crippen LogP contribution in [0.1, 0.15) is 12.5 Å². The van der Waals surface area contributed by atoms with Crippen molar-refractivity contribution in [1.29, 1.82) is 0 Å². The average molecular weight is 261 g/mol. The maximum Gasteiger partial charge on any atom is 0.340 e. The highest BCUT2D eigenvalue weighted by Gasteiger charge is 2.14. The van der Waals surface area contributed by atoms with Crippen molar-refractivity contribution in [1.82, 2.24) is 0 Å². The van der Waals surface area contributed by atoms with Crippen molar-refractivity contribution in [3.63, 3.8) is 0 Å². The van der Waals surface area contributed by atoms with E-state index in [0.717, 1.165) is 0 Å². The molecule has 1 aromatic rings. The molecule has 0 fully saturated rings. The molecule has 1 aliphatic heterocycles. The first-order valence-electron chi connectivity index (χ1n) is 5.58. The van der Waals surface area contributed by atoms with Crippen LogP contribution in [0.25, 0.3) is 16.5 Å². The topological polar surface area (TPSA) is 93.5 Å². The predicted octanol–water partition coefficient (Wildman–Crippen LogP) is 2.63. The van der Waals surface area contributed by atoms with E-state index in [1.54, 1.807) is 25.1 Å². The number of carbonyl (C=O) groups excluding carboxylic acids is 1. The van der Waals surface area contributed by atoms with Crippen molar-refractivity contribution in [2.75, 3.05) is 13.4 Å². The zero-order chi connectivity index (χ0) is 13.7. The standard InChI is InChI=1S/C12H11N3O4/c1-2-17-12(16)9(14-15-13)5-8-3-4-10-11(6-8)19-7-18-10/h3-6H,2,7H2,1H3. The SMILES string of the molecule is CCOC(=O)C(=Cc1ccc2c(c1)OCO2)N=[N+]=[N-]. The number of rotatable bonds is 4. The summed E-state index contributed by atoms with van der Waals surface area (Å²) in [5, 5.41) is 3.33. The number of nitrogens with zero attached hydrogens (tertiary/aromatic N) is 3. The van der Waals surface area contributed by atoms with E-state index in [9.17, 15) is 4.79 Å². The minimum atomic E-state index is -0.669. The fourth-order valence-electron chi connectivity index (χ4n) is 1.54. The molecule has 98 valence electrons. The second-order valence-corrected chi connectivity index (χ2v) is 3.55. The zero-order valence-corrected chi connectivity index (χ0v) is 10.2. The smallest absolute Gasteiger partial charge is 0.340 e. The number of ether oxygens (including phenoxy) is 3. The molecule has 19 heavy (non-hydrogen) atoms. The van der Waals surface area contributed by atoms with Gasteiger partial charge in [0.1, 0.15) is 5.70 Å². The molecule has 1 heterocycles. The Balaban J connectivity index is 2.30. The van der Waals surface area contributed by atoms with E-state index in [2.05, 4.69) is 10.0 Å². The van der Waals surface area contributed by atoms with Gasteiger partial charge in [0, 0.05) is 4.91 Å². The molecular formula is C12H11N3O4. The van der Waals surface area contributed by atoms with Gasteiger partial charge in [-0.1, -0.05) is 11.2 Å². The van der Waals surface area contributed by atoms with Gasteiger partial charge in [-0.2, -0.15) is 0 Å². The minimum Gasteiger partial charge on any atom is -0.462 e. The van der Waals surface area contributed by atoms with Crippen LogP contribution in [0, 0.1) is 0 Å². The van der Waals surface area contributed by atoms with E-state index in [1.165, 1.54) is 6.08 Å². The fourth-order valence-corrected chi connectivity index (χ4v) is 1.54. The van der Waals surface area contributed by atoms with Gasteiger partial charge in [0.15, 0.2) is 11.5 Å². The highest BCUT2D eigenvalue weighted by molar-refractivity contribution is 5.93. The Morgan fingerprint density at radius 3 is 3.05 bits per heavy atom. The van der Waals surface area contributed by atoms with Gasteiger partial charge in [-0.3, -0.25) is 0 Å². The molecule has 0 spiro atoms. The summed E-state index contributed by atoms with van der Waals surface area (Å²) in [7, 11) is 0. The van der Waals surface area contributed by atoms with Crippen LogP contribution in [-0.2, 0) is 9.53 Å². The molecule has 1 aromatic carbocycles. The molecule has 1 aliphatic rings. The van der Waals surface area contributed by atoms with Crippen molar-refractivity contribution in [2.24, 2.45) is 5.11 Å². The lowest BCUT2D eigenvalue weighted by Gasteiger charge is -2.02. The molecule has 0 saturated carbocycles. The molecule has 0 saturated heterocycles. The number of hydrogen-bond donors (Lipinski definition) is 0. The van der Waals surface area contributed by atoms with E-state index in [4.69, 9.17) is 19.7 Å². The Morgan fingerprint density at radius 1 is 1.53 bits per heavy atom. The maximum atomic E-state index is 11.6. The Hall–Kier alpha value is -2.66. The van der Waals surface area contributed by atoms with Crippen LogP contribution in [0.4, 0.5) is 0 Å². The van der Waals surface area contributed by atoms with Crippen LogP contribution < -0.4 is 9.47 Å². The van der Waals surface area contributed by atoms with Crippen molar-refractivity contribution >= 4 is 12.0 Å². The first-order valence-corrected chi connectivity index (χ1v) is 5.58. The quantitative estimate of drug-likeness (QED) is 0.274. The molecule has 0 aromatic heterocycles. The van der Waals surface area contributed by atoms with Crippen molar-refractivity contribution in [3.05, 3.63) is 39.9 Å². The number of azide groups is 1. The summed E-state index contributed by atoms with van der Waals surface area (Å²) >= 11 is 0. The molecular weight excluding hydrogens is 250 g/mol. The second kappa shape index (κ2) is 5.79. The highest BCUT2D eigenvalue weighted by atomic mass is 16.7. The lowest BCUT2D eigenvalue weighted by Crippen LogP contribution is -2.05. The summed E-state index contributed by atoms with van der Waals surface area (Å²) in [6.07, 6.45) is 1.43. The number of esters is 1. The van der Waals surface area contributed by atoms with Gasteiger partial charge in [0.05, 0.1) is 6.61 Å². The second-order valence-electron chi connectivity index (χ2n) is 3.55. The number of fused-ring (bicyclic) bond motifs is 1. The van der Waals surface area contributed by atoms with Gasteiger partial charge in [-0.15, -0.1) is 0 Å². The van der Waals surface area contributed by atoms with Crippen molar-refractivity contribution < 1.29 is 19.0 Å². The summed E-state index contributed by atoms with van der Waals surface area (Å²) in [5.74, 6) is 0.550. The minimum absolute atomic E-state index is 0.108. The number of hydrogen-bond acceptors (Lipinski definition) is 5. The Bertz CT molecular complexity index is 576. The normalized spacial score (nSPS) is 12.8. The molecule has 0 N–H and O–H groups in total. The van der Waals surface area contributed by atoms with Crippen LogP contribution >= 0.6 is 0 Å². The van der Waals surface area contributed by atoms with E-state index in [0.29, 0.717) is 17.1 Å². The van der Waals surface area contributed by atoms with Gasteiger partial charge in [0.25, 0.3) is 0 Å². The molecule has 0 amide bonds. The van der Waals surface area contributed by atoms with Crippen LogP contribution in [0.15, 0.2) is 29.0 Å². The van der Waals surface area contributed by atoms with Crippen LogP contribution in [0.3, 0.4) is 0 Å². The molecule has 0 atom stereocenters. The lowest BCUT2D eigenvalue weighted by molar-refractivity contribution is -0.138. The Morgan fingerprint density at radius 2 is 2.32 bits per heavy atom. The van der Waals surface area contributed by atoms with Crippen LogP contribution in [-0.4, -0.2) is 19.4 Å². The average Bonchev–Trinajstić information content (AvgIpc) is 2.86. The largest absolute Gasteiger partial charge is 0.462 e. The molecule has 0 radical (unpaired) electrons. The molecule has 7 heteroatoms. The molecule has 0 unspecified atom stereocenters. The van der Waals surface area contributed by atoms with Crippen LogP contribution in [0.2, 0.25) is 0 Å². The Kier molecular flexibility index (Phi) is 3.90. The van der Waals surface area contributed by atoms with Gasteiger partial charge in [0.2, 0.25) is 6.79 Å². The number of benzene rings is 1. The summed E-state index contributed by atoms with van der Waals surface area (Å²) in [5.41, 5.74) is 9.00. The predicted molar refractivity (Wildman–Crippen MR) is 66.3 cm³/mol. The van der Waals surface area contributed by atoms with Gasteiger partial charge >= 0.3 is 5.97 Å². The summed E-state index contributed by atoms with van der Waals surface area (Å²) in [4.78, 5) is 14.2. The first-order chi connectivity index (χ1) is 9.24. The zero-order valence-electron chi connectivity index (χ0n) is 10.2. The first kappa shape index (κ1) is 12.8. The van der Waals surface area contributed by atoms with Gasteiger partial charge < -0.3 is 14.2 Å². The summed E-state index contributed by atoms with van der Waals surface area (Å²) in [6.45, 7) is 2.05. The Labute approximate surface area is 109 Å². The van der Waals surface area contributed by atoms with Gasteiger partial charge in [-0.05, 0) is 36.2 Å². The highest BCUT2D eigenvalue weighted by Crippen LogP contribution is 2.33. The molecule has 2 rings (SSSR count). The monoisotopic (exact) mass is 261 g/mol. The molecule has 7 nitrogen and oxygen atoms in total. The van der Waals surface area contributed by atoms with E-state index >= 15 is 0 Å². The number of carbonyl (C=O) groups is 1. The van der Waals surface area contributed by atoms with Crippen molar-refractivity contribution in [3.8, 4) is 11.5 Å². The third kappa shape index (κ3) is 2.97. The summed E-state index contributed by atoms with van der Waals surface area (Å²) in [6, 6.07) is 5.13. The van der Waals surface area contributed by atoms with E-state index in [1.807, 2.05) is 0 Å². The van der Waals surface area contributed by atoms with E-state index in [-0.39, 0.29) is 19.1 Å². The van der Waals surface area contributed by atoms with Crippen LogP contribution in [0.5, 0.6) is 11.5 Å². The third-order valence-electron chi connectivity index (χ3n) is 2.34. The van der Waals surface area contributed by atoms with Gasteiger partial charge in [-0.25, -0.2) is 4.79 Å². The van der Waals surface area contributed by atoms with E-state index < -0.39 is 5.97 Å².